The lowest BCUT2D eigenvalue weighted by atomic mass is 10.1. The number of H-pyrrole nitrogens is 1. The summed E-state index contributed by atoms with van der Waals surface area (Å²) in [6.07, 6.45) is 1.96. The van der Waals surface area contributed by atoms with E-state index in [9.17, 15) is 9.59 Å². The van der Waals surface area contributed by atoms with Crippen LogP contribution in [-0.4, -0.2) is 23.2 Å². The highest BCUT2D eigenvalue weighted by Gasteiger charge is 2.24. The van der Waals surface area contributed by atoms with Gasteiger partial charge in [-0.05, 0) is 15.9 Å². The van der Waals surface area contributed by atoms with Crippen LogP contribution in [0.4, 0.5) is 0 Å². The summed E-state index contributed by atoms with van der Waals surface area (Å²) in [5.41, 5.74) is 0.823. The molecule has 68 valence electrons. The molecule has 13 heavy (non-hydrogen) atoms. The van der Waals surface area contributed by atoms with Gasteiger partial charge in [-0.25, -0.2) is 0 Å². The van der Waals surface area contributed by atoms with Gasteiger partial charge < -0.3 is 10.3 Å². The highest BCUT2D eigenvalue weighted by molar-refractivity contribution is 9.10. The summed E-state index contributed by atoms with van der Waals surface area (Å²) in [5, 5.41) is 2.63. The second kappa shape index (κ2) is 2.99. The van der Waals surface area contributed by atoms with E-state index in [1.165, 1.54) is 0 Å². The average Bonchev–Trinajstić information content (AvgIpc) is 2.40. The first-order valence-electron chi connectivity index (χ1n) is 3.88. The van der Waals surface area contributed by atoms with Crippen molar-refractivity contribution in [3.63, 3.8) is 0 Å². The van der Waals surface area contributed by atoms with Crippen LogP contribution in [-0.2, 0) is 0 Å². The van der Waals surface area contributed by atoms with Crippen molar-refractivity contribution < 1.29 is 9.59 Å². The van der Waals surface area contributed by atoms with Crippen LogP contribution in [0.3, 0.4) is 0 Å². The summed E-state index contributed by atoms with van der Waals surface area (Å²) in [7, 11) is 0. The van der Waals surface area contributed by atoms with Gasteiger partial charge in [-0.15, -0.1) is 0 Å². The molecule has 1 aromatic rings. The average molecular weight is 243 g/mol. The van der Waals surface area contributed by atoms with Crippen molar-refractivity contribution in [3.05, 3.63) is 21.9 Å². The Morgan fingerprint density at radius 1 is 1.38 bits per heavy atom. The van der Waals surface area contributed by atoms with Crippen LogP contribution in [0.2, 0.25) is 0 Å². The summed E-state index contributed by atoms with van der Waals surface area (Å²) in [4.78, 5) is 25.6. The van der Waals surface area contributed by atoms with Gasteiger partial charge in [0.25, 0.3) is 5.91 Å². The molecular weight excluding hydrogens is 236 g/mol. The second-order valence-electron chi connectivity index (χ2n) is 2.82. The van der Waals surface area contributed by atoms with Crippen molar-refractivity contribution in [2.75, 3.05) is 6.54 Å². The van der Waals surface area contributed by atoms with Crippen LogP contribution in [0, 0.1) is 0 Å². The zero-order valence-corrected chi connectivity index (χ0v) is 8.27. The van der Waals surface area contributed by atoms with E-state index in [0.29, 0.717) is 28.7 Å². The van der Waals surface area contributed by atoms with E-state index >= 15 is 0 Å². The van der Waals surface area contributed by atoms with Gasteiger partial charge in [0.1, 0.15) is 5.69 Å². The SMILES string of the molecule is O=C1NCCC(=O)c2c(Br)c[nH]c21. The molecule has 2 heterocycles. The lowest BCUT2D eigenvalue weighted by molar-refractivity contribution is 0.0952. The summed E-state index contributed by atoms with van der Waals surface area (Å²) in [5.74, 6) is -0.229. The minimum absolute atomic E-state index is 0.0125. The number of hydrogen-bond donors (Lipinski definition) is 2. The normalized spacial score (nSPS) is 16.4. The molecule has 1 aromatic heterocycles. The molecule has 4 nitrogen and oxygen atoms in total. The Hall–Kier alpha value is -1.10. The third-order valence-electron chi connectivity index (χ3n) is 1.98. The van der Waals surface area contributed by atoms with Crippen LogP contribution in [0.15, 0.2) is 10.7 Å². The van der Waals surface area contributed by atoms with E-state index in [-0.39, 0.29) is 11.7 Å². The molecule has 2 rings (SSSR count). The number of nitrogens with one attached hydrogen (secondary N) is 2. The van der Waals surface area contributed by atoms with Gasteiger partial charge in [0.15, 0.2) is 5.78 Å². The van der Waals surface area contributed by atoms with E-state index in [1.54, 1.807) is 6.20 Å². The van der Waals surface area contributed by atoms with Crippen LogP contribution in [0.1, 0.15) is 27.3 Å². The second-order valence-corrected chi connectivity index (χ2v) is 3.67. The largest absolute Gasteiger partial charge is 0.355 e. The first-order chi connectivity index (χ1) is 6.20. The van der Waals surface area contributed by atoms with Gasteiger partial charge in [0.2, 0.25) is 0 Å². The van der Waals surface area contributed by atoms with Gasteiger partial charge in [0.05, 0.1) is 5.56 Å². The Bertz CT molecular complexity index is 383. The van der Waals surface area contributed by atoms with E-state index in [4.69, 9.17) is 0 Å². The minimum Gasteiger partial charge on any atom is -0.355 e. The van der Waals surface area contributed by atoms with Crippen LogP contribution in [0.5, 0.6) is 0 Å². The summed E-state index contributed by atoms with van der Waals surface area (Å²) in [6.45, 7) is 0.409. The van der Waals surface area contributed by atoms with Crippen LogP contribution < -0.4 is 5.32 Å². The Morgan fingerprint density at radius 2 is 2.15 bits per heavy atom. The molecule has 0 unspecified atom stereocenters. The lowest BCUT2D eigenvalue weighted by Gasteiger charge is -1.95. The van der Waals surface area contributed by atoms with Crippen molar-refractivity contribution in [2.24, 2.45) is 0 Å². The number of fused-ring (bicyclic) bond motifs is 1. The first kappa shape index (κ1) is 8.50. The fourth-order valence-corrected chi connectivity index (χ4v) is 1.89. The molecule has 1 amide bonds. The molecule has 0 saturated heterocycles. The zero-order chi connectivity index (χ0) is 9.42. The number of hydrogen-bond acceptors (Lipinski definition) is 2. The van der Waals surface area contributed by atoms with E-state index in [2.05, 4.69) is 26.2 Å². The highest BCUT2D eigenvalue weighted by atomic mass is 79.9. The molecule has 0 bridgehead atoms. The Labute approximate surface area is 82.8 Å². The van der Waals surface area contributed by atoms with Gasteiger partial charge >= 0.3 is 0 Å². The molecule has 0 spiro atoms. The summed E-state index contributed by atoms with van der Waals surface area (Å²) < 4.78 is 0.657. The number of carbonyl (C=O) groups excluding carboxylic acids is 2. The molecule has 0 atom stereocenters. The van der Waals surface area contributed by atoms with Crippen LogP contribution in [0.25, 0.3) is 0 Å². The topological polar surface area (TPSA) is 62.0 Å². The third kappa shape index (κ3) is 1.29. The van der Waals surface area contributed by atoms with Crippen molar-refractivity contribution in [2.45, 2.75) is 6.42 Å². The number of carbonyl (C=O) groups is 2. The number of rotatable bonds is 0. The van der Waals surface area contributed by atoms with E-state index in [1.807, 2.05) is 0 Å². The predicted molar refractivity (Wildman–Crippen MR) is 49.8 cm³/mol. The molecule has 0 aliphatic carbocycles. The van der Waals surface area contributed by atoms with Crippen molar-refractivity contribution in [3.8, 4) is 0 Å². The molecule has 0 radical (unpaired) electrons. The Kier molecular flexibility index (Phi) is 1.95. The Morgan fingerprint density at radius 3 is 2.92 bits per heavy atom. The molecule has 5 heteroatoms. The maximum Gasteiger partial charge on any atom is 0.268 e. The first-order valence-corrected chi connectivity index (χ1v) is 4.67. The number of Topliss-reactive ketones (excluding diaryl/α,β-unsaturated/α-hetero) is 1. The van der Waals surface area contributed by atoms with E-state index in [0.717, 1.165) is 0 Å². The van der Waals surface area contributed by atoms with E-state index < -0.39 is 0 Å². The number of ketones is 1. The number of halogens is 1. The molecule has 1 aliphatic rings. The minimum atomic E-state index is -0.216. The molecule has 2 N–H and O–H groups in total. The summed E-state index contributed by atoms with van der Waals surface area (Å²) >= 11 is 3.22. The Balaban J connectivity index is 2.59. The third-order valence-corrected chi connectivity index (χ3v) is 2.60. The van der Waals surface area contributed by atoms with Crippen molar-refractivity contribution in [1.82, 2.24) is 10.3 Å². The number of aromatic nitrogens is 1. The molecular formula is C8H7BrN2O2. The quantitative estimate of drug-likeness (QED) is 0.716. The van der Waals surface area contributed by atoms with Gasteiger partial charge in [-0.3, -0.25) is 9.59 Å². The van der Waals surface area contributed by atoms with Gasteiger partial charge in [-0.2, -0.15) is 0 Å². The molecule has 1 aliphatic heterocycles. The van der Waals surface area contributed by atoms with Crippen molar-refractivity contribution in [1.29, 1.82) is 0 Å². The molecule has 0 aromatic carbocycles. The number of aromatic amines is 1. The standard InChI is InChI=1S/C8H7BrN2O2/c9-4-3-11-7-6(4)5(12)1-2-10-8(7)13/h3,11H,1-2H2,(H,10,13). The molecule has 0 fully saturated rings. The monoisotopic (exact) mass is 242 g/mol. The lowest BCUT2D eigenvalue weighted by Crippen LogP contribution is -2.23. The maximum absolute atomic E-state index is 11.5. The van der Waals surface area contributed by atoms with Crippen molar-refractivity contribution >= 4 is 27.6 Å². The molecule has 0 saturated carbocycles. The fraction of sp³-hybridized carbons (Fsp3) is 0.250. The summed E-state index contributed by atoms with van der Waals surface area (Å²) in [6, 6.07) is 0. The van der Waals surface area contributed by atoms with Gasteiger partial charge in [-0.1, -0.05) is 0 Å². The zero-order valence-electron chi connectivity index (χ0n) is 6.69. The fourth-order valence-electron chi connectivity index (χ4n) is 1.35. The number of amides is 1. The van der Waals surface area contributed by atoms with Gasteiger partial charge in [0, 0.05) is 23.6 Å². The highest BCUT2D eigenvalue weighted by Crippen LogP contribution is 2.23. The predicted octanol–water partition coefficient (Wildman–Crippen LogP) is 1.09. The smallest absolute Gasteiger partial charge is 0.268 e. The van der Waals surface area contributed by atoms with Crippen LogP contribution >= 0.6 is 15.9 Å². The maximum atomic E-state index is 11.5.